The molecule has 8 heteroatoms. The van der Waals surface area contributed by atoms with Crippen LogP contribution in [0, 0.1) is 6.92 Å². The smallest absolute Gasteiger partial charge is 0.245 e. The van der Waals surface area contributed by atoms with E-state index < -0.39 is 10.0 Å². The fourth-order valence-electron chi connectivity index (χ4n) is 1.94. The van der Waals surface area contributed by atoms with E-state index in [-0.39, 0.29) is 11.4 Å². The molecule has 2 rings (SSSR count). The minimum absolute atomic E-state index is 0.118. The summed E-state index contributed by atoms with van der Waals surface area (Å²) in [5.41, 5.74) is 0.595. The summed E-state index contributed by atoms with van der Waals surface area (Å²) in [6.07, 6.45) is 0. The van der Waals surface area contributed by atoms with Gasteiger partial charge in [0.1, 0.15) is 10.7 Å². The number of hydrogen-bond acceptors (Lipinski definition) is 5. The van der Waals surface area contributed by atoms with E-state index in [0.29, 0.717) is 23.9 Å². The van der Waals surface area contributed by atoms with Crippen LogP contribution in [0.25, 0.3) is 0 Å². The van der Waals surface area contributed by atoms with E-state index in [2.05, 4.69) is 20.5 Å². The average molecular weight is 309 g/mol. The minimum atomic E-state index is -3.60. The van der Waals surface area contributed by atoms with Crippen molar-refractivity contribution >= 4 is 15.7 Å². The van der Waals surface area contributed by atoms with Crippen molar-refractivity contribution in [1.29, 1.82) is 0 Å². The summed E-state index contributed by atoms with van der Waals surface area (Å²) in [6, 6.07) is 6.85. The van der Waals surface area contributed by atoms with Crippen LogP contribution in [0.15, 0.2) is 29.2 Å². The molecule has 0 fully saturated rings. The first-order chi connectivity index (χ1) is 9.95. The van der Waals surface area contributed by atoms with Gasteiger partial charge in [-0.1, -0.05) is 12.1 Å². The van der Waals surface area contributed by atoms with Gasteiger partial charge in [-0.25, -0.2) is 13.4 Å². The van der Waals surface area contributed by atoms with E-state index in [1.54, 1.807) is 31.2 Å². The summed E-state index contributed by atoms with van der Waals surface area (Å²) in [7, 11) is -2.09. The zero-order chi connectivity index (χ0) is 15.5. The lowest BCUT2D eigenvalue weighted by molar-refractivity contribution is 0.457. The zero-order valence-corrected chi connectivity index (χ0v) is 13.1. The third-order valence-corrected chi connectivity index (χ3v) is 4.81. The van der Waals surface area contributed by atoms with Crippen molar-refractivity contribution in [2.45, 2.75) is 25.3 Å². The molecular weight excluding hydrogens is 290 g/mol. The van der Waals surface area contributed by atoms with Gasteiger partial charge in [-0.2, -0.15) is 9.40 Å². The van der Waals surface area contributed by atoms with E-state index in [0.717, 1.165) is 0 Å². The van der Waals surface area contributed by atoms with Gasteiger partial charge in [0.2, 0.25) is 10.0 Å². The Morgan fingerprint density at radius 3 is 2.67 bits per heavy atom. The Hall–Kier alpha value is -1.93. The zero-order valence-electron chi connectivity index (χ0n) is 12.3. The van der Waals surface area contributed by atoms with Gasteiger partial charge in [0, 0.05) is 13.6 Å². The van der Waals surface area contributed by atoms with Gasteiger partial charge in [0.15, 0.2) is 5.82 Å². The molecule has 0 atom stereocenters. The highest BCUT2D eigenvalue weighted by atomic mass is 32.2. The lowest BCUT2D eigenvalue weighted by Crippen LogP contribution is -2.27. The van der Waals surface area contributed by atoms with Crippen molar-refractivity contribution in [2.24, 2.45) is 0 Å². The monoisotopic (exact) mass is 309 g/mol. The van der Waals surface area contributed by atoms with Gasteiger partial charge in [-0.15, -0.1) is 0 Å². The molecule has 0 aliphatic rings. The molecule has 0 unspecified atom stereocenters. The van der Waals surface area contributed by atoms with Crippen molar-refractivity contribution < 1.29 is 8.42 Å². The number of nitrogens with one attached hydrogen (secondary N) is 2. The predicted molar refractivity (Wildman–Crippen MR) is 80.4 cm³/mol. The molecule has 0 radical (unpaired) electrons. The molecular formula is C13H19N5O2S. The van der Waals surface area contributed by atoms with Crippen molar-refractivity contribution in [3.05, 3.63) is 35.9 Å². The number of aromatic amines is 1. The Balaban J connectivity index is 2.28. The van der Waals surface area contributed by atoms with E-state index in [1.165, 1.54) is 11.4 Å². The van der Waals surface area contributed by atoms with Crippen LogP contribution >= 0.6 is 0 Å². The summed E-state index contributed by atoms with van der Waals surface area (Å²) >= 11 is 0. The summed E-state index contributed by atoms with van der Waals surface area (Å²) in [5, 5.41) is 9.73. The van der Waals surface area contributed by atoms with Crippen LogP contribution in [-0.2, 0) is 16.6 Å². The minimum Gasteiger partial charge on any atom is -0.384 e. The van der Waals surface area contributed by atoms with Gasteiger partial charge in [-0.3, -0.25) is 5.10 Å². The number of aromatic nitrogens is 3. The standard InChI is InChI=1S/C13H19N5O2S/c1-4-14-11-7-5-6-8-12(11)21(19,20)18(3)9-13-15-10(2)16-17-13/h5-8,14H,4,9H2,1-3H3,(H,15,16,17). The Morgan fingerprint density at radius 1 is 1.33 bits per heavy atom. The molecule has 0 bridgehead atoms. The molecule has 0 saturated heterocycles. The Bertz CT molecular complexity index is 711. The first kappa shape index (κ1) is 15.5. The van der Waals surface area contributed by atoms with Crippen molar-refractivity contribution in [3.63, 3.8) is 0 Å². The first-order valence-electron chi connectivity index (χ1n) is 6.62. The molecule has 2 N–H and O–H groups in total. The van der Waals surface area contributed by atoms with Crippen LogP contribution in [0.1, 0.15) is 18.6 Å². The molecule has 1 aromatic carbocycles. The Kier molecular flexibility index (Phi) is 4.59. The maximum Gasteiger partial charge on any atom is 0.245 e. The van der Waals surface area contributed by atoms with Crippen LogP contribution in [-0.4, -0.2) is 41.5 Å². The summed E-state index contributed by atoms with van der Waals surface area (Å²) < 4.78 is 26.6. The quantitative estimate of drug-likeness (QED) is 0.841. The second-order valence-electron chi connectivity index (χ2n) is 4.62. The van der Waals surface area contributed by atoms with Gasteiger partial charge in [0.05, 0.1) is 12.2 Å². The average Bonchev–Trinajstić information content (AvgIpc) is 2.85. The van der Waals surface area contributed by atoms with Gasteiger partial charge < -0.3 is 5.32 Å². The maximum atomic E-state index is 12.7. The largest absolute Gasteiger partial charge is 0.384 e. The van der Waals surface area contributed by atoms with Gasteiger partial charge >= 0.3 is 0 Å². The molecule has 0 amide bonds. The number of aryl methyl sites for hydroxylation is 1. The number of hydrogen-bond donors (Lipinski definition) is 2. The van der Waals surface area contributed by atoms with Crippen LogP contribution in [0.4, 0.5) is 5.69 Å². The Morgan fingerprint density at radius 2 is 2.05 bits per heavy atom. The molecule has 7 nitrogen and oxygen atoms in total. The molecule has 2 aromatic rings. The normalized spacial score (nSPS) is 11.8. The van der Waals surface area contributed by atoms with Crippen LogP contribution in [0.3, 0.4) is 0 Å². The number of rotatable bonds is 6. The lowest BCUT2D eigenvalue weighted by Gasteiger charge is -2.18. The maximum absolute atomic E-state index is 12.7. The SMILES string of the molecule is CCNc1ccccc1S(=O)(=O)N(C)Cc1n[nH]c(C)n1. The molecule has 114 valence electrons. The van der Waals surface area contributed by atoms with E-state index in [4.69, 9.17) is 0 Å². The van der Waals surface area contributed by atoms with E-state index in [1.807, 2.05) is 6.92 Å². The van der Waals surface area contributed by atoms with Crippen LogP contribution in [0.5, 0.6) is 0 Å². The van der Waals surface area contributed by atoms with Crippen molar-refractivity contribution in [3.8, 4) is 0 Å². The third-order valence-electron chi connectivity index (χ3n) is 2.95. The topological polar surface area (TPSA) is 91.0 Å². The number of para-hydroxylation sites is 1. The van der Waals surface area contributed by atoms with Crippen molar-refractivity contribution in [2.75, 3.05) is 18.9 Å². The van der Waals surface area contributed by atoms with E-state index >= 15 is 0 Å². The van der Waals surface area contributed by atoms with Crippen molar-refractivity contribution in [1.82, 2.24) is 19.5 Å². The molecule has 0 saturated carbocycles. The fraction of sp³-hybridized carbons (Fsp3) is 0.385. The van der Waals surface area contributed by atoms with Crippen LogP contribution < -0.4 is 5.32 Å². The Labute approximate surface area is 124 Å². The molecule has 1 heterocycles. The summed E-state index contributed by atoms with van der Waals surface area (Å²) in [4.78, 5) is 4.38. The number of benzene rings is 1. The second kappa shape index (κ2) is 6.23. The molecule has 0 aliphatic heterocycles. The van der Waals surface area contributed by atoms with Gasteiger partial charge in [0.25, 0.3) is 0 Å². The molecule has 1 aromatic heterocycles. The molecule has 21 heavy (non-hydrogen) atoms. The number of H-pyrrole nitrogens is 1. The fourth-order valence-corrected chi connectivity index (χ4v) is 3.23. The summed E-state index contributed by atoms with van der Waals surface area (Å²) in [5.74, 6) is 1.10. The molecule has 0 aliphatic carbocycles. The third kappa shape index (κ3) is 3.40. The highest BCUT2D eigenvalue weighted by molar-refractivity contribution is 7.89. The van der Waals surface area contributed by atoms with Gasteiger partial charge in [-0.05, 0) is 26.0 Å². The number of sulfonamides is 1. The van der Waals surface area contributed by atoms with E-state index in [9.17, 15) is 8.42 Å². The first-order valence-corrected chi connectivity index (χ1v) is 8.06. The van der Waals surface area contributed by atoms with Crippen LogP contribution in [0.2, 0.25) is 0 Å². The molecule has 0 spiro atoms. The number of anilines is 1. The highest BCUT2D eigenvalue weighted by Crippen LogP contribution is 2.24. The predicted octanol–water partition coefficient (Wildman–Crippen LogP) is 1.37. The highest BCUT2D eigenvalue weighted by Gasteiger charge is 2.24. The number of nitrogens with zero attached hydrogens (tertiary/aromatic N) is 3. The second-order valence-corrected chi connectivity index (χ2v) is 6.64. The summed E-state index contributed by atoms with van der Waals surface area (Å²) in [6.45, 7) is 4.46. The lowest BCUT2D eigenvalue weighted by atomic mass is 10.3.